The van der Waals surface area contributed by atoms with E-state index >= 15 is 0 Å². The molecule has 0 spiro atoms. The monoisotopic (exact) mass is 1290 g/mol. The SMILES string of the molecule is COc1ccc(NC(=O)[C@@H](CCCNC(=N)N)NC(=O)c2cc(NC(=O)[C@@H](CCCNC(=N)N)NC(=O)c3cc(NC(=O)[C@@H](CCCNC(=N)N)NC(=O)c4cc(NC(C)=O)ccc4OC)ccc3OC)ccc2OC)cc1C(=O)N[C@@H](Cc1ccc(O)cc1)C(=O)O. The minimum atomic E-state index is -1.42. The number of hydrogen-bond acceptors (Lipinski definition) is 17. The molecule has 0 aromatic heterocycles. The predicted octanol–water partition coefficient (Wildman–Crippen LogP) is 1.81. The molecule has 5 rings (SSSR count). The van der Waals surface area contributed by atoms with Crippen LogP contribution in [0.2, 0.25) is 0 Å². The van der Waals surface area contributed by atoms with Crippen molar-refractivity contribution in [2.75, 3.05) is 69.3 Å². The van der Waals surface area contributed by atoms with Crippen LogP contribution in [-0.4, -0.2) is 154 Å². The Morgan fingerprint density at radius 3 is 0.968 bits per heavy atom. The van der Waals surface area contributed by atoms with Gasteiger partial charge >= 0.3 is 5.97 Å². The number of methoxy groups -OCH3 is 4. The summed E-state index contributed by atoms with van der Waals surface area (Å²) >= 11 is 0. The van der Waals surface area contributed by atoms with Crippen LogP contribution in [0.15, 0.2) is 97.1 Å². The second-order valence-electron chi connectivity index (χ2n) is 20.6. The zero-order chi connectivity index (χ0) is 68.3. The Kier molecular flexibility index (Phi) is 27.3. The number of phenolic OH excluding ortho intramolecular Hbond substituents is 1. The van der Waals surface area contributed by atoms with Gasteiger partial charge in [0.05, 0.1) is 50.7 Å². The number of carboxylic acids is 1. The van der Waals surface area contributed by atoms with Crippen LogP contribution in [0.4, 0.5) is 22.7 Å². The molecule has 0 aliphatic rings. The molecule has 32 nitrogen and oxygen atoms in total. The molecule has 32 heteroatoms. The summed E-state index contributed by atoms with van der Waals surface area (Å²) in [5.74, 6) is -8.21. The minimum Gasteiger partial charge on any atom is -0.508 e. The van der Waals surface area contributed by atoms with E-state index in [9.17, 15) is 53.4 Å². The summed E-state index contributed by atoms with van der Waals surface area (Å²) in [5.41, 5.74) is 16.9. The molecule has 0 radical (unpaired) electrons. The molecule has 0 saturated carbocycles. The van der Waals surface area contributed by atoms with E-state index in [4.69, 9.17) is 52.4 Å². The van der Waals surface area contributed by atoms with Gasteiger partial charge in [-0.25, -0.2) is 4.79 Å². The number of carbonyl (C=O) groups excluding carboxylic acids is 8. The molecule has 93 heavy (non-hydrogen) atoms. The number of rotatable bonds is 34. The number of guanidine groups is 3. The van der Waals surface area contributed by atoms with Gasteiger partial charge in [-0.3, -0.25) is 54.6 Å². The third-order valence-corrected chi connectivity index (χ3v) is 13.7. The van der Waals surface area contributed by atoms with Crippen LogP contribution < -0.4 is 94.6 Å². The van der Waals surface area contributed by atoms with Crippen molar-refractivity contribution in [3.8, 4) is 28.7 Å². The van der Waals surface area contributed by atoms with Gasteiger partial charge in [-0.15, -0.1) is 0 Å². The van der Waals surface area contributed by atoms with Gasteiger partial charge in [0.2, 0.25) is 23.6 Å². The standard InChI is InChI=1S/C61H77N17O15/c1-32(79)71-34-14-20-47(90-2)39(28-34)51(81)75-43(9-6-24-68-59(62)63)55(85)72-35-15-21-48(91-3)40(29-35)52(82)76-44(10-7-25-69-60(64)65)56(86)73-36-16-22-49(92-4)41(30-36)53(83)77-45(11-8-26-70-61(66)67)57(87)74-37-17-23-50(93-5)42(31-37)54(84)78-46(58(88)89)27-33-12-18-38(80)19-13-33/h12-23,28-31,43-46,80H,6-11,24-27H2,1-5H3,(H,71,79)(H,72,85)(H,73,86)(H,74,87)(H,75,81)(H,76,82)(H,77,83)(H,78,84)(H,88,89)(H4,62,63,68)(H4,64,65,69)(H4,66,67,70)/t43-,44-,45-,46+/m1/s1. The summed E-state index contributed by atoms with van der Waals surface area (Å²) in [7, 11) is 5.20. The van der Waals surface area contributed by atoms with Gasteiger partial charge in [0.15, 0.2) is 17.9 Å². The van der Waals surface area contributed by atoms with Crippen LogP contribution in [0.1, 0.15) is 92.4 Å². The summed E-state index contributed by atoms with van der Waals surface area (Å²) in [4.78, 5) is 123. The first-order chi connectivity index (χ1) is 44.3. The molecule has 0 bridgehead atoms. The Balaban J connectivity index is 1.38. The van der Waals surface area contributed by atoms with Crippen molar-refractivity contribution >= 4 is 93.9 Å². The van der Waals surface area contributed by atoms with E-state index in [1.165, 1.54) is 132 Å². The highest BCUT2D eigenvalue weighted by Gasteiger charge is 2.30. The lowest BCUT2D eigenvalue weighted by molar-refractivity contribution is -0.139. The molecule has 0 fully saturated rings. The van der Waals surface area contributed by atoms with Crippen molar-refractivity contribution in [2.45, 2.75) is 76.0 Å². The third-order valence-electron chi connectivity index (χ3n) is 13.7. The molecule has 0 unspecified atom stereocenters. The topological polar surface area (TPSA) is 513 Å². The van der Waals surface area contributed by atoms with E-state index < -0.39 is 77.4 Å². The first-order valence-corrected chi connectivity index (χ1v) is 28.7. The van der Waals surface area contributed by atoms with E-state index in [1.807, 2.05) is 0 Å². The van der Waals surface area contributed by atoms with Gasteiger partial charge in [-0.05, 0) is 129 Å². The molecule has 0 saturated heterocycles. The largest absolute Gasteiger partial charge is 0.508 e. The Morgan fingerprint density at radius 2 is 0.710 bits per heavy atom. The van der Waals surface area contributed by atoms with Crippen molar-refractivity contribution < 1.29 is 72.3 Å². The first kappa shape index (κ1) is 71.9. The number of ether oxygens (including phenoxy) is 4. The van der Waals surface area contributed by atoms with Crippen LogP contribution in [-0.2, 0) is 30.4 Å². The fraction of sp³-hybridized carbons (Fsp3) is 0.311. The molecule has 5 aromatic rings. The molecule has 0 heterocycles. The molecule has 0 aliphatic carbocycles. The maximum atomic E-state index is 14.4. The summed E-state index contributed by atoms with van der Waals surface area (Å²) < 4.78 is 21.8. The van der Waals surface area contributed by atoms with Crippen LogP contribution in [0.25, 0.3) is 0 Å². The van der Waals surface area contributed by atoms with Gasteiger partial charge < -0.3 is 105 Å². The highest BCUT2D eigenvalue weighted by molar-refractivity contribution is 6.08. The van der Waals surface area contributed by atoms with Gasteiger partial charge in [0.25, 0.3) is 23.6 Å². The van der Waals surface area contributed by atoms with Crippen molar-refractivity contribution in [1.29, 1.82) is 16.2 Å². The Labute approximate surface area is 534 Å². The van der Waals surface area contributed by atoms with Crippen molar-refractivity contribution in [3.05, 3.63) is 125 Å². The second kappa shape index (κ2) is 35.4. The fourth-order valence-corrected chi connectivity index (χ4v) is 9.15. The van der Waals surface area contributed by atoms with E-state index in [1.54, 1.807) is 0 Å². The number of nitrogens with one attached hydrogen (secondary N) is 14. The van der Waals surface area contributed by atoms with E-state index in [0.29, 0.717) is 5.56 Å². The zero-order valence-corrected chi connectivity index (χ0v) is 51.6. The van der Waals surface area contributed by atoms with Gasteiger partial charge in [0, 0.05) is 55.7 Å². The van der Waals surface area contributed by atoms with Gasteiger partial charge in [-0.1, -0.05) is 12.1 Å². The van der Waals surface area contributed by atoms with Crippen molar-refractivity contribution in [3.63, 3.8) is 0 Å². The van der Waals surface area contributed by atoms with Gasteiger partial charge in [0.1, 0.15) is 52.9 Å². The van der Waals surface area contributed by atoms with Crippen LogP contribution in [0.3, 0.4) is 0 Å². The third kappa shape index (κ3) is 22.6. The second-order valence-corrected chi connectivity index (χ2v) is 20.6. The average molecular weight is 1290 g/mol. The van der Waals surface area contributed by atoms with Crippen LogP contribution in [0.5, 0.6) is 28.7 Å². The zero-order valence-electron chi connectivity index (χ0n) is 51.6. The number of carbonyl (C=O) groups is 9. The molecule has 0 aliphatic heterocycles. The lowest BCUT2D eigenvalue weighted by Gasteiger charge is -2.22. The normalized spacial score (nSPS) is 11.8. The van der Waals surface area contributed by atoms with Crippen molar-refractivity contribution in [2.24, 2.45) is 17.2 Å². The molecule has 496 valence electrons. The summed E-state index contributed by atoms with van der Waals surface area (Å²) in [5, 5.41) is 71.6. The van der Waals surface area contributed by atoms with E-state index in [2.05, 4.69) is 58.5 Å². The Morgan fingerprint density at radius 1 is 0.430 bits per heavy atom. The highest BCUT2D eigenvalue weighted by Crippen LogP contribution is 2.28. The molecule has 22 N–H and O–H groups in total. The lowest BCUT2D eigenvalue weighted by atomic mass is 10.0. The van der Waals surface area contributed by atoms with Crippen molar-refractivity contribution in [1.82, 2.24) is 37.2 Å². The molecule has 4 atom stereocenters. The minimum absolute atomic E-state index is 0.00502. The van der Waals surface area contributed by atoms with Crippen LogP contribution >= 0.6 is 0 Å². The number of amides is 8. The molecule has 8 amide bonds. The number of aliphatic carboxylic acids is 1. The lowest BCUT2D eigenvalue weighted by Crippen LogP contribution is -2.45. The molecular formula is C61H77N17O15. The molecular weight excluding hydrogens is 1210 g/mol. The number of nitrogens with two attached hydrogens (primary N) is 3. The maximum absolute atomic E-state index is 14.4. The smallest absolute Gasteiger partial charge is 0.326 e. The Hall–Kier alpha value is -11.9. The highest BCUT2D eigenvalue weighted by atomic mass is 16.5. The Bertz CT molecular complexity index is 3570. The molecule has 5 aromatic carbocycles. The van der Waals surface area contributed by atoms with Crippen LogP contribution in [0, 0.1) is 16.2 Å². The maximum Gasteiger partial charge on any atom is 0.326 e. The van der Waals surface area contributed by atoms with Gasteiger partial charge in [-0.2, -0.15) is 0 Å². The quantitative estimate of drug-likeness (QED) is 0.0159. The number of phenols is 1. The summed E-state index contributed by atoms with van der Waals surface area (Å²) in [6.07, 6.45) is 0.356. The fourth-order valence-electron chi connectivity index (χ4n) is 9.15. The number of aromatic hydroxyl groups is 1. The summed E-state index contributed by atoms with van der Waals surface area (Å²) in [6, 6.07) is 17.0. The van der Waals surface area contributed by atoms with E-state index in [0.717, 1.165) is 0 Å². The predicted molar refractivity (Wildman–Crippen MR) is 344 cm³/mol. The number of hydrogen-bond donors (Lipinski definition) is 19. The number of carboxylic acid groups (broad SMARTS) is 1. The van der Waals surface area contributed by atoms with E-state index in [-0.39, 0.29) is 156 Å². The number of anilines is 4. The first-order valence-electron chi connectivity index (χ1n) is 28.7. The average Bonchev–Trinajstić information content (AvgIpc) is 0.877. The number of benzene rings is 5. The summed E-state index contributed by atoms with van der Waals surface area (Å²) in [6.45, 7) is 1.67.